The third-order valence-corrected chi connectivity index (χ3v) is 6.65. The van der Waals surface area contributed by atoms with Crippen LogP contribution >= 0.6 is 0 Å². The van der Waals surface area contributed by atoms with E-state index in [2.05, 4.69) is 0 Å². The lowest BCUT2D eigenvalue weighted by atomic mass is 10.0. The topological polar surface area (TPSA) is 186 Å². The lowest BCUT2D eigenvalue weighted by Crippen LogP contribution is -2.26. The average molecular weight is 623 g/mol. The first-order valence-corrected chi connectivity index (χ1v) is 14.2. The number of ether oxygens (including phenoxy) is 2. The summed E-state index contributed by atoms with van der Waals surface area (Å²) in [6.45, 7) is 0. The Morgan fingerprint density at radius 3 is 1.33 bits per heavy atom. The molecule has 8 N–H and O–H groups in total. The lowest BCUT2D eigenvalue weighted by molar-refractivity contribution is -0.131. The summed E-state index contributed by atoms with van der Waals surface area (Å²) in [7, 11) is 0. The van der Waals surface area contributed by atoms with E-state index in [1.54, 1.807) is 24.3 Å². The molecule has 0 saturated heterocycles. The molecule has 10 nitrogen and oxygen atoms in total. The van der Waals surface area contributed by atoms with Gasteiger partial charge in [0.25, 0.3) is 0 Å². The Bertz CT molecular complexity index is 1590. The number of aliphatic hydroxyl groups is 2. The van der Waals surface area contributed by atoms with Gasteiger partial charge in [0.15, 0.2) is 0 Å². The van der Waals surface area contributed by atoms with Crippen molar-refractivity contribution in [3.8, 4) is 23.0 Å². The van der Waals surface area contributed by atoms with E-state index in [1.807, 2.05) is 60.7 Å². The molecule has 0 unspecified atom stereocenters. The van der Waals surface area contributed by atoms with Crippen molar-refractivity contribution in [3.63, 3.8) is 0 Å². The summed E-state index contributed by atoms with van der Waals surface area (Å²) in [5, 5.41) is 41.6. The Labute approximate surface area is 265 Å². The number of phenolic OH excluding ortho intramolecular Hbond substituents is 2. The first kappa shape index (κ1) is 33.4. The van der Waals surface area contributed by atoms with Crippen molar-refractivity contribution in [2.24, 2.45) is 11.5 Å². The number of aliphatic hydroxyl groups excluding tert-OH is 2. The van der Waals surface area contributed by atoms with Gasteiger partial charge in [0, 0.05) is 24.3 Å². The van der Waals surface area contributed by atoms with Crippen LogP contribution in [0.5, 0.6) is 23.0 Å². The summed E-state index contributed by atoms with van der Waals surface area (Å²) >= 11 is 0. The predicted molar refractivity (Wildman–Crippen MR) is 173 cm³/mol. The molecule has 0 aliphatic heterocycles. The molecule has 0 saturated carbocycles. The minimum atomic E-state index is -1.23. The van der Waals surface area contributed by atoms with Crippen molar-refractivity contribution in [2.75, 3.05) is 0 Å². The van der Waals surface area contributed by atoms with Crippen molar-refractivity contribution < 1.29 is 39.5 Å². The third-order valence-electron chi connectivity index (χ3n) is 6.65. The van der Waals surface area contributed by atoms with Gasteiger partial charge in [-0.1, -0.05) is 85.0 Å². The summed E-state index contributed by atoms with van der Waals surface area (Å²) in [5.41, 5.74) is 14.4. The van der Waals surface area contributed by atoms with Gasteiger partial charge in [-0.2, -0.15) is 0 Å². The third kappa shape index (κ3) is 10.0. The number of esters is 2. The minimum absolute atomic E-state index is 0.0967. The second-order valence-corrected chi connectivity index (χ2v) is 10.3. The molecule has 0 aromatic heterocycles. The molecule has 10 heteroatoms. The molecule has 46 heavy (non-hydrogen) atoms. The highest BCUT2D eigenvalue weighted by molar-refractivity contribution is 5.93. The molecule has 0 radical (unpaired) electrons. The highest BCUT2D eigenvalue weighted by atomic mass is 16.5. The fourth-order valence-corrected chi connectivity index (χ4v) is 4.34. The standard InChI is InChI=1S/C36H34N2O8/c37-31(13-11-23-7-3-1-4-8-23)35(43)25-17-27(39)21-29(19-25)45-33(41)15-16-34(42)46-30-20-26(18-28(40)22-30)36(44)32(38)14-12-24-9-5-2-6-10-24/h1-22,31-32,35-36,39-40,43-44H,37-38H2/b13-11?,14-12?,16-15+/t31-,32-,35-,36-/m1/s1. The van der Waals surface area contributed by atoms with E-state index in [1.165, 1.54) is 24.3 Å². The molecule has 0 aliphatic rings. The number of aromatic hydroxyl groups is 2. The van der Waals surface area contributed by atoms with Crippen LogP contribution < -0.4 is 20.9 Å². The Morgan fingerprint density at radius 2 is 0.957 bits per heavy atom. The van der Waals surface area contributed by atoms with Crippen molar-refractivity contribution in [1.29, 1.82) is 0 Å². The molecule has 4 aromatic rings. The van der Waals surface area contributed by atoms with Crippen LogP contribution in [-0.2, 0) is 9.59 Å². The fourth-order valence-electron chi connectivity index (χ4n) is 4.34. The molecular weight excluding hydrogens is 588 g/mol. The van der Waals surface area contributed by atoms with Gasteiger partial charge in [0.2, 0.25) is 0 Å². The first-order chi connectivity index (χ1) is 22.1. The van der Waals surface area contributed by atoms with E-state index in [9.17, 15) is 30.0 Å². The van der Waals surface area contributed by atoms with E-state index < -0.39 is 36.2 Å². The smallest absolute Gasteiger partial charge is 0.336 e. The maximum atomic E-state index is 12.4. The molecule has 4 rings (SSSR count). The summed E-state index contributed by atoms with van der Waals surface area (Å²) < 4.78 is 10.4. The van der Waals surface area contributed by atoms with Crippen LogP contribution in [0.4, 0.5) is 0 Å². The highest BCUT2D eigenvalue weighted by Crippen LogP contribution is 2.29. The fraction of sp³-hybridized carbons (Fsp3) is 0.111. The van der Waals surface area contributed by atoms with Crippen LogP contribution in [0, 0.1) is 0 Å². The summed E-state index contributed by atoms with van der Waals surface area (Å²) in [5.74, 6) is -2.70. The zero-order valence-corrected chi connectivity index (χ0v) is 24.6. The SMILES string of the molecule is N[C@H](C=Cc1ccccc1)[C@H](O)c1cc(O)cc(OC(=O)/C=C/C(=O)Oc2cc(O)cc([C@@H](O)[C@H](N)C=Cc3ccccc3)c2)c1. The van der Waals surface area contributed by atoms with Crippen LogP contribution in [0.25, 0.3) is 12.2 Å². The quantitative estimate of drug-likeness (QED) is 0.0755. The van der Waals surface area contributed by atoms with E-state index in [-0.39, 0.29) is 34.1 Å². The maximum absolute atomic E-state index is 12.4. The number of hydrogen-bond acceptors (Lipinski definition) is 10. The van der Waals surface area contributed by atoms with Crippen molar-refractivity contribution in [3.05, 3.63) is 144 Å². The number of phenols is 2. The van der Waals surface area contributed by atoms with E-state index in [0.29, 0.717) is 0 Å². The van der Waals surface area contributed by atoms with Crippen LogP contribution in [0.1, 0.15) is 34.5 Å². The molecule has 0 spiro atoms. The molecule has 4 atom stereocenters. The number of carbonyl (C=O) groups is 2. The second-order valence-electron chi connectivity index (χ2n) is 10.3. The van der Waals surface area contributed by atoms with Gasteiger partial charge in [-0.3, -0.25) is 0 Å². The van der Waals surface area contributed by atoms with Gasteiger partial charge in [0.1, 0.15) is 23.0 Å². The summed E-state index contributed by atoms with van der Waals surface area (Å²) in [6.07, 6.45) is 5.88. The van der Waals surface area contributed by atoms with Crippen LogP contribution in [0.15, 0.2) is 121 Å². The van der Waals surface area contributed by atoms with E-state index in [4.69, 9.17) is 20.9 Å². The Balaban J connectivity index is 1.35. The van der Waals surface area contributed by atoms with Gasteiger partial charge >= 0.3 is 11.9 Å². The van der Waals surface area contributed by atoms with Gasteiger partial charge in [0.05, 0.1) is 24.3 Å². The molecule has 0 heterocycles. The molecule has 0 amide bonds. The largest absolute Gasteiger partial charge is 0.508 e. The van der Waals surface area contributed by atoms with E-state index in [0.717, 1.165) is 35.4 Å². The maximum Gasteiger partial charge on any atom is 0.336 e. The molecule has 0 bridgehead atoms. The summed E-state index contributed by atoms with van der Waals surface area (Å²) in [4.78, 5) is 24.8. The zero-order chi connectivity index (χ0) is 33.1. The van der Waals surface area contributed by atoms with Crippen LogP contribution in [0.3, 0.4) is 0 Å². The van der Waals surface area contributed by atoms with Crippen LogP contribution in [0.2, 0.25) is 0 Å². The van der Waals surface area contributed by atoms with Crippen molar-refractivity contribution in [1.82, 2.24) is 0 Å². The van der Waals surface area contributed by atoms with Gasteiger partial charge < -0.3 is 41.4 Å². The first-order valence-electron chi connectivity index (χ1n) is 14.2. The molecule has 236 valence electrons. The van der Waals surface area contributed by atoms with Crippen molar-refractivity contribution in [2.45, 2.75) is 24.3 Å². The second kappa shape index (κ2) is 16.0. The minimum Gasteiger partial charge on any atom is -0.508 e. The molecule has 4 aromatic carbocycles. The summed E-state index contributed by atoms with van der Waals surface area (Å²) in [6, 6.07) is 24.6. The molecular formula is C36H34N2O8. The van der Waals surface area contributed by atoms with Crippen molar-refractivity contribution >= 4 is 24.1 Å². The number of benzene rings is 4. The molecule has 0 aliphatic carbocycles. The number of rotatable bonds is 12. The molecule has 0 fully saturated rings. The normalized spacial score (nSPS) is 14.3. The Morgan fingerprint density at radius 1 is 0.587 bits per heavy atom. The van der Waals surface area contributed by atoms with Gasteiger partial charge in [-0.05, 0) is 46.5 Å². The lowest BCUT2D eigenvalue weighted by Gasteiger charge is -2.17. The van der Waals surface area contributed by atoms with Gasteiger partial charge in [-0.25, -0.2) is 9.59 Å². The zero-order valence-electron chi connectivity index (χ0n) is 24.6. The van der Waals surface area contributed by atoms with Crippen LogP contribution in [-0.4, -0.2) is 44.4 Å². The van der Waals surface area contributed by atoms with E-state index >= 15 is 0 Å². The average Bonchev–Trinajstić information content (AvgIpc) is 3.04. The monoisotopic (exact) mass is 622 g/mol. The highest BCUT2D eigenvalue weighted by Gasteiger charge is 2.19. The number of hydrogen-bond donors (Lipinski definition) is 6. The Kier molecular flexibility index (Phi) is 11.6. The number of nitrogens with two attached hydrogens (primary N) is 2. The Hall–Kier alpha value is -5.52. The number of carbonyl (C=O) groups excluding carboxylic acids is 2. The predicted octanol–water partition coefficient (Wildman–Crippen LogP) is 4.31. The van der Waals surface area contributed by atoms with Gasteiger partial charge in [-0.15, -0.1) is 0 Å².